The molecule has 1 aromatic carbocycles. The molecule has 0 atom stereocenters. The first-order valence-corrected chi connectivity index (χ1v) is 6.90. The zero-order valence-corrected chi connectivity index (χ0v) is 10.9. The maximum Gasteiger partial charge on any atom is 0.224 e. The van der Waals surface area contributed by atoms with Gasteiger partial charge in [0, 0.05) is 17.0 Å². The van der Waals surface area contributed by atoms with Crippen LogP contribution in [0.2, 0.25) is 5.28 Å². The van der Waals surface area contributed by atoms with Crippen molar-refractivity contribution in [2.45, 2.75) is 9.37 Å². The van der Waals surface area contributed by atoms with Gasteiger partial charge in [-0.1, -0.05) is 18.2 Å². The molecule has 0 radical (unpaired) electrons. The van der Waals surface area contributed by atoms with Gasteiger partial charge in [-0.2, -0.15) is 0 Å². The van der Waals surface area contributed by atoms with Gasteiger partial charge in [-0.05, 0) is 29.4 Å². The van der Waals surface area contributed by atoms with E-state index in [2.05, 4.69) is 15.0 Å². The molecule has 0 N–H and O–H groups in total. The molecule has 0 saturated heterocycles. The Morgan fingerprint density at radius 1 is 1.18 bits per heavy atom. The van der Waals surface area contributed by atoms with Gasteiger partial charge in [-0.15, -0.1) is 11.3 Å². The second-order valence-electron chi connectivity index (χ2n) is 3.22. The van der Waals surface area contributed by atoms with Crippen molar-refractivity contribution in [2.24, 2.45) is 0 Å². The lowest BCUT2D eigenvalue weighted by atomic mass is 10.2. The lowest BCUT2D eigenvalue weighted by molar-refractivity contribution is 1.10. The zero-order valence-electron chi connectivity index (χ0n) is 8.50. The lowest BCUT2D eigenvalue weighted by Gasteiger charge is -2.03. The normalized spacial score (nSPS) is 10.9. The number of fused-ring (bicyclic) bond motifs is 1. The van der Waals surface area contributed by atoms with Gasteiger partial charge in [0.25, 0.3) is 0 Å². The number of rotatable bonds is 2. The molecule has 0 unspecified atom stereocenters. The molecule has 0 saturated carbocycles. The van der Waals surface area contributed by atoms with Gasteiger partial charge in [0.15, 0.2) is 4.34 Å². The SMILES string of the molecule is Clc1nc(Sc2nccs2)c2ccccc2n1. The van der Waals surface area contributed by atoms with Gasteiger partial charge in [0.1, 0.15) is 5.03 Å². The quantitative estimate of drug-likeness (QED) is 0.527. The Morgan fingerprint density at radius 2 is 2.06 bits per heavy atom. The maximum atomic E-state index is 5.91. The van der Waals surface area contributed by atoms with E-state index in [1.54, 1.807) is 17.5 Å². The molecular formula is C11H6ClN3S2. The zero-order chi connectivity index (χ0) is 11.7. The van der Waals surface area contributed by atoms with E-state index in [0.29, 0.717) is 0 Å². The molecule has 2 aromatic heterocycles. The monoisotopic (exact) mass is 279 g/mol. The first-order valence-electron chi connectivity index (χ1n) is 4.82. The molecule has 0 aliphatic heterocycles. The van der Waals surface area contributed by atoms with Crippen LogP contribution >= 0.6 is 34.7 Å². The van der Waals surface area contributed by atoms with E-state index in [1.807, 2.05) is 29.6 Å². The van der Waals surface area contributed by atoms with E-state index in [-0.39, 0.29) is 5.28 Å². The smallest absolute Gasteiger partial charge is 0.224 e. The summed E-state index contributed by atoms with van der Waals surface area (Å²) in [6, 6.07) is 7.81. The van der Waals surface area contributed by atoms with Gasteiger partial charge in [-0.3, -0.25) is 0 Å². The maximum absolute atomic E-state index is 5.91. The second-order valence-corrected chi connectivity index (χ2v) is 5.68. The first-order chi connectivity index (χ1) is 8.33. The van der Waals surface area contributed by atoms with Crippen molar-refractivity contribution in [3.8, 4) is 0 Å². The van der Waals surface area contributed by atoms with Crippen LogP contribution in [0.15, 0.2) is 45.2 Å². The van der Waals surface area contributed by atoms with E-state index in [4.69, 9.17) is 11.6 Å². The van der Waals surface area contributed by atoms with Crippen LogP contribution in [0.4, 0.5) is 0 Å². The van der Waals surface area contributed by atoms with E-state index in [9.17, 15) is 0 Å². The summed E-state index contributed by atoms with van der Waals surface area (Å²) in [5.74, 6) is 0. The predicted octanol–water partition coefficient (Wildman–Crippen LogP) is 3.89. The van der Waals surface area contributed by atoms with E-state index in [1.165, 1.54) is 11.8 Å². The minimum absolute atomic E-state index is 0.266. The van der Waals surface area contributed by atoms with Crippen LogP contribution in [0.25, 0.3) is 10.9 Å². The summed E-state index contributed by atoms with van der Waals surface area (Å²) in [6.07, 6.45) is 1.78. The first kappa shape index (κ1) is 11.0. The fraction of sp³-hybridized carbons (Fsp3) is 0. The van der Waals surface area contributed by atoms with Crippen molar-refractivity contribution < 1.29 is 0 Å². The van der Waals surface area contributed by atoms with Crippen molar-refractivity contribution in [1.29, 1.82) is 0 Å². The molecule has 3 aromatic rings. The number of hydrogen-bond acceptors (Lipinski definition) is 5. The molecule has 84 valence electrons. The number of nitrogens with zero attached hydrogens (tertiary/aromatic N) is 3. The van der Waals surface area contributed by atoms with Crippen LogP contribution in [0.1, 0.15) is 0 Å². The minimum Gasteiger partial charge on any atom is -0.238 e. The number of aromatic nitrogens is 3. The van der Waals surface area contributed by atoms with Crippen LogP contribution in [-0.2, 0) is 0 Å². The summed E-state index contributed by atoms with van der Waals surface area (Å²) in [5.41, 5.74) is 0.853. The van der Waals surface area contributed by atoms with Crippen molar-refractivity contribution in [3.05, 3.63) is 41.1 Å². The van der Waals surface area contributed by atoms with E-state index in [0.717, 1.165) is 20.3 Å². The molecule has 0 aliphatic rings. The third-order valence-corrected chi connectivity index (χ3v) is 4.19. The summed E-state index contributed by atoms with van der Waals surface area (Å²) in [7, 11) is 0. The van der Waals surface area contributed by atoms with Crippen LogP contribution in [0.3, 0.4) is 0 Å². The number of hydrogen-bond donors (Lipinski definition) is 0. The van der Waals surface area contributed by atoms with Gasteiger partial charge in [0.2, 0.25) is 5.28 Å². The predicted molar refractivity (Wildman–Crippen MR) is 70.8 cm³/mol. The number of para-hydroxylation sites is 1. The molecule has 2 heterocycles. The molecule has 6 heteroatoms. The molecule has 3 rings (SSSR count). The van der Waals surface area contributed by atoms with Crippen molar-refractivity contribution in [2.75, 3.05) is 0 Å². The van der Waals surface area contributed by atoms with Crippen LogP contribution in [-0.4, -0.2) is 15.0 Å². The Morgan fingerprint density at radius 3 is 2.88 bits per heavy atom. The molecule has 17 heavy (non-hydrogen) atoms. The summed E-state index contributed by atoms with van der Waals surface area (Å²) >= 11 is 9.00. The molecular weight excluding hydrogens is 274 g/mol. The standard InChI is InChI=1S/C11H6ClN3S2/c12-10-14-8-4-2-1-3-7(8)9(15-10)17-11-13-5-6-16-11/h1-6H. The summed E-state index contributed by atoms with van der Waals surface area (Å²) in [4.78, 5) is 12.7. The summed E-state index contributed by atoms with van der Waals surface area (Å²) in [6.45, 7) is 0. The molecule has 0 amide bonds. The minimum atomic E-state index is 0.266. The Labute approximate surface area is 111 Å². The number of halogens is 1. The Balaban J connectivity index is 2.14. The third kappa shape index (κ3) is 2.26. The Hall–Kier alpha value is -1.17. The van der Waals surface area contributed by atoms with E-state index < -0.39 is 0 Å². The van der Waals surface area contributed by atoms with Gasteiger partial charge in [-0.25, -0.2) is 15.0 Å². The average Bonchev–Trinajstić information content (AvgIpc) is 2.81. The molecule has 0 fully saturated rings. The molecule has 0 bridgehead atoms. The fourth-order valence-electron chi connectivity index (χ4n) is 1.44. The number of benzene rings is 1. The summed E-state index contributed by atoms with van der Waals surface area (Å²) < 4.78 is 0.949. The van der Waals surface area contributed by atoms with E-state index >= 15 is 0 Å². The van der Waals surface area contributed by atoms with Gasteiger partial charge in [0.05, 0.1) is 5.52 Å². The molecule has 3 nitrogen and oxygen atoms in total. The number of thiazole rings is 1. The van der Waals surface area contributed by atoms with Crippen LogP contribution < -0.4 is 0 Å². The highest BCUT2D eigenvalue weighted by Crippen LogP contribution is 2.33. The summed E-state index contributed by atoms with van der Waals surface area (Å²) in [5, 5.41) is 4.04. The van der Waals surface area contributed by atoms with Crippen molar-refractivity contribution in [3.63, 3.8) is 0 Å². The molecule has 0 spiro atoms. The Kier molecular flexibility index (Phi) is 2.96. The Bertz CT molecular complexity index is 655. The van der Waals surface area contributed by atoms with Gasteiger partial charge < -0.3 is 0 Å². The van der Waals surface area contributed by atoms with Crippen LogP contribution in [0.5, 0.6) is 0 Å². The van der Waals surface area contributed by atoms with Crippen molar-refractivity contribution in [1.82, 2.24) is 15.0 Å². The average molecular weight is 280 g/mol. The highest BCUT2D eigenvalue weighted by atomic mass is 35.5. The fourth-order valence-corrected chi connectivity index (χ4v) is 3.32. The lowest BCUT2D eigenvalue weighted by Crippen LogP contribution is -1.88. The molecule has 0 aliphatic carbocycles. The highest BCUT2D eigenvalue weighted by Gasteiger charge is 2.09. The largest absolute Gasteiger partial charge is 0.238 e. The van der Waals surface area contributed by atoms with Crippen molar-refractivity contribution >= 4 is 45.6 Å². The van der Waals surface area contributed by atoms with Crippen LogP contribution in [0, 0.1) is 0 Å². The topological polar surface area (TPSA) is 38.7 Å². The van der Waals surface area contributed by atoms with Gasteiger partial charge >= 0.3 is 0 Å². The second kappa shape index (κ2) is 4.60. The third-order valence-electron chi connectivity index (χ3n) is 2.13. The highest BCUT2D eigenvalue weighted by molar-refractivity contribution is 8.01.